The lowest BCUT2D eigenvalue weighted by atomic mass is 10.00. The molecule has 0 aliphatic carbocycles. The summed E-state index contributed by atoms with van der Waals surface area (Å²) in [5, 5.41) is 2.70. The Balaban J connectivity index is 1.88. The Bertz CT molecular complexity index is 526. The molecule has 0 bridgehead atoms. The highest BCUT2D eigenvalue weighted by atomic mass is 15.2. The molecule has 1 aliphatic rings. The monoisotopic (exact) mass is 239 g/mol. The van der Waals surface area contributed by atoms with Gasteiger partial charge in [0.25, 0.3) is 0 Å². The maximum Gasteiger partial charge on any atom is 0.0320 e. The van der Waals surface area contributed by atoms with Crippen LogP contribution in [0, 0.1) is 0 Å². The van der Waals surface area contributed by atoms with Gasteiger partial charge in [-0.15, -0.1) is 0 Å². The minimum atomic E-state index is 0.551. The maximum absolute atomic E-state index is 2.62. The van der Waals surface area contributed by atoms with Crippen molar-refractivity contribution in [1.29, 1.82) is 0 Å². The van der Waals surface area contributed by atoms with Crippen LogP contribution in [0.25, 0.3) is 10.8 Å². The quantitative estimate of drug-likeness (QED) is 0.751. The molecule has 1 heterocycles. The predicted octanol–water partition coefficient (Wildman–Crippen LogP) is 4.39. The second kappa shape index (κ2) is 5.11. The minimum absolute atomic E-state index is 0.551. The van der Waals surface area contributed by atoms with Crippen molar-refractivity contribution >= 4 is 10.8 Å². The first kappa shape index (κ1) is 11.7. The molecule has 3 rings (SSSR count). The molecule has 0 saturated carbocycles. The van der Waals surface area contributed by atoms with Gasteiger partial charge in [-0.1, -0.05) is 42.8 Å². The first-order valence-corrected chi connectivity index (χ1v) is 7.07. The van der Waals surface area contributed by atoms with Gasteiger partial charge in [-0.3, -0.25) is 4.90 Å². The Kier molecular flexibility index (Phi) is 3.33. The van der Waals surface area contributed by atoms with Gasteiger partial charge in [-0.2, -0.15) is 0 Å². The van der Waals surface area contributed by atoms with Crippen LogP contribution in [0.4, 0.5) is 0 Å². The van der Waals surface area contributed by atoms with Gasteiger partial charge in [0, 0.05) is 6.04 Å². The largest absolute Gasteiger partial charge is 0.297 e. The average molecular weight is 239 g/mol. The standard InChI is InChI=1S/C17H21N/c1-14(18-11-5-2-6-12-18)16-10-9-15-7-3-4-8-17(15)13-16/h3-4,7-10,13-14H,2,5-6,11-12H2,1H3/t14-/m0/s1. The number of likely N-dealkylation sites (tertiary alicyclic amines) is 1. The number of hydrogen-bond donors (Lipinski definition) is 0. The van der Waals surface area contributed by atoms with E-state index in [1.807, 2.05) is 0 Å². The summed E-state index contributed by atoms with van der Waals surface area (Å²) in [6, 6.07) is 16.1. The van der Waals surface area contributed by atoms with E-state index in [2.05, 4.69) is 54.3 Å². The molecule has 0 radical (unpaired) electrons. The lowest BCUT2D eigenvalue weighted by molar-refractivity contribution is 0.175. The van der Waals surface area contributed by atoms with E-state index in [0.29, 0.717) is 6.04 Å². The molecule has 18 heavy (non-hydrogen) atoms. The molecular weight excluding hydrogens is 218 g/mol. The van der Waals surface area contributed by atoms with E-state index in [1.54, 1.807) is 0 Å². The molecule has 0 N–H and O–H groups in total. The van der Waals surface area contributed by atoms with Crippen molar-refractivity contribution in [2.75, 3.05) is 13.1 Å². The van der Waals surface area contributed by atoms with E-state index in [0.717, 1.165) is 0 Å². The summed E-state index contributed by atoms with van der Waals surface area (Å²) in [4.78, 5) is 2.62. The van der Waals surface area contributed by atoms with E-state index in [-0.39, 0.29) is 0 Å². The molecule has 1 aliphatic heterocycles. The fraction of sp³-hybridized carbons (Fsp3) is 0.412. The van der Waals surface area contributed by atoms with Crippen LogP contribution in [0.2, 0.25) is 0 Å². The lowest BCUT2D eigenvalue weighted by Crippen LogP contribution is -2.32. The number of benzene rings is 2. The Morgan fingerprint density at radius 3 is 2.39 bits per heavy atom. The molecule has 2 aromatic rings. The van der Waals surface area contributed by atoms with E-state index in [9.17, 15) is 0 Å². The summed E-state index contributed by atoms with van der Waals surface area (Å²) in [6.45, 7) is 4.86. The summed E-state index contributed by atoms with van der Waals surface area (Å²) in [5.74, 6) is 0. The summed E-state index contributed by atoms with van der Waals surface area (Å²) in [6.07, 6.45) is 4.12. The molecule has 0 unspecified atom stereocenters. The third kappa shape index (κ3) is 2.28. The van der Waals surface area contributed by atoms with Crippen molar-refractivity contribution in [2.45, 2.75) is 32.2 Å². The number of rotatable bonds is 2. The van der Waals surface area contributed by atoms with Crippen LogP contribution in [0.1, 0.15) is 37.8 Å². The smallest absolute Gasteiger partial charge is 0.0320 e. The summed E-state index contributed by atoms with van der Waals surface area (Å²) >= 11 is 0. The molecular formula is C17H21N. The molecule has 2 aromatic carbocycles. The first-order valence-electron chi connectivity index (χ1n) is 7.07. The van der Waals surface area contributed by atoms with E-state index in [4.69, 9.17) is 0 Å². The molecule has 0 amide bonds. The maximum atomic E-state index is 2.62. The SMILES string of the molecule is C[C@@H](c1ccc2ccccc2c1)N1CCCCC1. The fourth-order valence-corrected chi connectivity index (χ4v) is 2.98. The van der Waals surface area contributed by atoms with Crippen LogP contribution in [0.3, 0.4) is 0 Å². The number of hydrogen-bond acceptors (Lipinski definition) is 1. The zero-order valence-electron chi connectivity index (χ0n) is 11.1. The number of nitrogens with zero attached hydrogens (tertiary/aromatic N) is 1. The van der Waals surface area contributed by atoms with Crippen LogP contribution in [-0.4, -0.2) is 18.0 Å². The van der Waals surface area contributed by atoms with Crippen LogP contribution >= 0.6 is 0 Å². The minimum Gasteiger partial charge on any atom is -0.297 e. The normalized spacial score (nSPS) is 18.9. The third-order valence-electron chi connectivity index (χ3n) is 4.19. The van der Waals surface area contributed by atoms with E-state index < -0.39 is 0 Å². The summed E-state index contributed by atoms with van der Waals surface area (Å²) < 4.78 is 0. The Morgan fingerprint density at radius 2 is 1.61 bits per heavy atom. The average Bonchev–Trinajstić information content (AvgIpc) is 2.47. The highest BCUT2D eigenvalue weighted by molar-refractivity contribution is 5.83. The van der Waals surface area contributed by atoms with Gasteiger partial charge in [0.15, 0.2) is 0 Å². The van der Waals surface area contributed by atoms with Gasteiger partial charge >= 0.3 is 0 Å². The van der Waals surface area contributed by atoms with Gasteiger partial charge in [-0.05, 0) is 55.3 Å². The second-order valence-electron chi connectivity index (χ2n) is 5.38. The topological polar surface area (TPSA) is 3.24 Å². The van der Waals surface area contributed by atoms with E-state index in [1.165, 1.54) is 48.7 Å². The van der Waals surface area contributed by atoms with Crippen molar-refractivity contribution < 1.29 is 0 Å². The zero-order chi connectivity index (χ0) is 12.4. The highest BCUT2D eigenvalue weighted by Crippen LogP contribution is 2.26. The molecule has 1 fully saturated rings. The summed E-state index contributed by atoms with van der Waals surface area (Å²) in [7, 11) is 0. The predicted molar refractivity (Wildman–Crippen MR) is 77.8 cm³/mol. The lowest BCUT2D eigenvalue weighted by Gasteiger charge is -2.32. The van der Waals surface area contributed by atoms with Crippen molar-refractivity contribution in [2.24, 2.45) is 0 Å². The van der Waals surface area contributed by atoms with Gasteiger partial charge in [0.2, 0.25) is 0 Å². The first-order chi connectivity index (χ1) is 8.84. The van der Waals surface area contributed by atoms with Gasteiger partial charge in [0.1, 0.15) is 0 Å². The molecule has 94 valence electrons. The van der Waals surface area contributed by atoms with E-state index >= 15 is 0 Å². The van der Waals surface area contributed by atoms with Crippen LogP contribution in [0.5, 0.6) is 0 Å². The van der Waals surface area contributed by atoms with Gasteiger partial charge < -0.3 is 0 Å². The molecule has 1 atom stereocenters. The molecule has 1 nitrogen and oxygen atoms in total. The number of piperidine rings is 1. The Labute approximate surface area is 109 Å². The number of fused-ring (bicyclic) bond motifs is 1. The third-order valence-corrected chi connectivity index (χ3v) is 4.19. The molecule has 1 heteroatoms. The van der Waals surface area contributed by atoms with Crippen molar-refractivity contribution in [3.63, 3.8) is 0 Å². The van der Waals surface area contributed by atoms with Gasteiger partial charge in [-0.25, -0.2) is 0 Å². The zero-order valence-corrected chi connectivity index (χ0v) is 11.1. The van der Waals surface area contributed by atoms with Crippen LogP contribution in [-0.2, 0) is 0 Å². The molecule has 0 spiro atoms. The Hall–Kier alpha value is -1.34. The van der Waals surface area contributed by atoms with Gasteiger partial charge in [0.05, 0.1) is 0 Å². The van der Waals surface area contributed by atoms with Crippen molar-refractivity contribution in [3.05, 3.63) is 48.0 Å². The van der Waals surface area contributed by atoms with Crippen LogP contribution in [0.15, 0.2) is 42.5 Å². The second-order valence-corrected chi connectivity index (χ2v) is 5.38. The Morgan fingerprint density at radius 1 is 0.889 bits per heavy atom. The van der Waals surface area contributed by atoms with Crippen LogP contribution < -0.4 is 0 Å². The molecule has 0 aromatic heterocycles. The summed E-state index contributed by atoms with van der Waals surface area (Å²) in [5.41, 5.74) is 1.45. The fourth-order valence-electron chi connectivity index (χ4n) is 2.98. The van der Waals surface area contributed by atoms with Crippen molar-refractivity contribution in [1.82, 2.24) is 4.90 Å². The highest BCUT2D eigenvalue weighted by Gasteiger charge is 2.17. The molecule has 1 saturated heterocycles. The van der Waals surface area contributed by atoms with Crippen molar-refractivity contribution in [3.8, 4) is 0 Å².